The number of rotatable bonds is 6. The highest BCUT2D eigenvalue weighted by Crippen LogP contribution is 2.53. The lowest BCUT2D eigenvalue weighted by molar-refractivity contribution is 0.660. The van der Waals surface area contributed by atoms with Crippen molar-refractivity contribution in [1.29, 1.82) is 0 Å². The van der Waals surface area contributed by atoms with E-state index in [-0.39, 0.29) is 5.41 Å². The van der Waals surface area contributed by atoms with Gasteiger partial charge in [-0.05, 0) is 141 Å². The molecule has 1 aliphatic rings. The molecular formula is C61H43N. The van der Waals surface area contributed by atoms with Crippen molar-refractivity contribution in [3.05, 3.63) is 236 Å². The predicted molar refractivity (Wildman–Crippen MR) is 265 cm³/mol. The molecule has 0 amide bonds. The Bertz CT molecular complexity index is 3370. The third-order valence-corrected chi connectivity index (χ3v) is 13.4. The Morgan fingerprint density at radius 2 is 0.613 bits per heavy atom. The number of para-hydroxylation sites is 2. The summed E-state index contributed by atoms with van der Waals surface area (Å²) in [5.41, 5.74) is 16.3. The molecule has 0 unspecified atom stereocenters. The second-order valence-electron chi connectivity index (χ2n) is 17.2. The van der Waals surface area contributed by atoms with E-state index in [4.69, 9.17) is 0 Å². The first-order valence-corrected chi connectivity index (χ1v) is 21.7. The van der Waals surface area contributed by atoms with Crippen LogP contribution in [0.1, 0.15) is 25.0 Å². The van der Waals surface area contributed by atoms with Gasteiger partial charge in [-0.3, -0.25) is 0 Å². The predicted octanol–water partition coefficient (Wildman–Crippen LogP) is 17.1. The summed E-state index contributed by atoms with van der Waals surface area (Å²) >= 11 is 0. The average Bonchev–Trinajstić information content (AvgIpc) is 3.56. The van der Waals surface area contributed by atoms with Crippen molar-refractivity contribution in [1.82, 2.24) is 0 Å². The number of hydrogen-bond donors (Lipinski definition) is 0. The van der Waals surface area contributed by atoms with E-state index in [0.29, 0.717) is 0 Å². The highest BCUT2D eigenvalue weighted by atomic mass is 15.1. The Morgan fingerprint density at radius 1 is 0.274 bits per heavy atom. The SMILES string of the molecule is CC1(C)c2ccccc2-c2ccc(-c3c4ccccc4c(-c4c5ccccc5c(-c5ccc(N(c6ccccc6)c6ccccc6)cc5)c5ccccc45)c4ccccc34)cc21. The molecule has 1 heteroatoms. The summed E-state index contributed by atoms with van der Waals surface area (Å²) in [5.74, 6) is 0. The van der Waals surface area contributed by atoms with Gasteiger partial charge in [0, 0.05) is 22.5 Å². The molecule has 0 aromatic heterocycles. The lowest BCUT2D eigenvalue weighted by atomic mass is 9.79. The number of benzene rings is 11. The second kappa shape index (κ2) is 14.2. The molecule has 0 fully saturated rings. The summed E-state index contributed by atoms with van der Waals surface area (Å²) < 4.78 is 0. The minimum Gasteiger partial charge on any atom is -0.311 e. The number of anilines is 3. The molecule has 0 bridgehead atoms. The maximum Gasteiger partial charge on any atom is 0.0462 e. The first-order valence-electron chi connectivity index (χ1n) is 21.7. The molecule has 292 valence electrons. The second-order valence-corrected chi connectivity index (χ2v) is 17.2. The van der Waals surface area contributed by atoms with E-state index in [0.717, 1.165) is 17.1 Å². The molecule has 0 radical (unpaired) electrons. The fourth-order valence-corrected chi connectivity index (χ4v) is 10.7. The topological polar surface area (TPSA) is 3.24 Å². The molecule has 0 aliphatic heterocycles. The molecule has 11 aromatic rings. The Hall–Kier alpha value is -7.74. The largest absolute Gasteiger partial charge is 0.311 e. The molecule has 0 N–H and O–H groups in total. The summed E-state index contributed by atoms with van der Waals surface area (Å²) in [6.45, 7) is 4.75. The molecule has 12 rings (SSSR count). The zero-order chi connectivity index (χ0) is 41.4. The minimum absolute atomic E-state index is 0.0868. The Balaban J connectivity index is 1.08. The van der Waals surface area contributed by atoms with Crippen LogP contribution < -0.4 is 4.90 Å². The van der Waals surface area contributed by atoms with Crippen molar-refractivity contribution in [2.45, 2.75) is 19.3 Å². The van der Waals surface area contributed by atoms with Crippen LogP contribution in [-0.4, -0.2) is 0 Å². The quantitative estimate of drug-likeness (QED) is 0.152. The van der Waals surface area contributed by atoms with Gasteiger partial charge in [-0.25, -0.2) is 0 Å². The van der Waals surface area contributed by atoms with Gasteiger partial charge < -0.3 is 4.90 Å². The number of nitrogens with zero attached hydrogens (tertiary/aromatic N) is 1. The van der Waals surface area contributed by atoms with E-state index in [2.05, 4.69) is 243 Å². The number of fused-ring (bicyclic) bond motifs is 7. The van der Waals surface area contributed by atoms with Crippen molar-refractivity contribution in [3.8, 4) is 44.5 Å². The standard InChI is InChI=1S/C61H43N/c1-61(2)55-32-18-17-23-45(55)46-38-35-41(39-56(46)61)58-49-26-11-15-30-53(49)60(54-31-16-12-27-50(54)58)59-51-28-13-9-24-47(51)57(48-25-10-14-29-52(48)59)40-33-36-44(37-34-40)62(42-19-5-3-6-20-42)43-21-7-4-8-22-43/h3-39H,1-2H3. The maximum absolute atomic E-state index is 2.48. The molecule has 0 atom stereocenters. The Labute approximate surface area is 362 Å². The third kappa shape index (κ3) is 5.48. The molecule has 1 aliphatic carbocycles. The monoisotopic (exact) mass is 789 g/mol. The fourth-order valence-electron chi connectivity index (χ4n) is 10.7. The van der Waals surface area contributed by atoms with Crippen LogP contribution in [0, 0.1) is 0 Å². The summed E-state index contributed by atoms with van der Waals surface area (Å²) in [6.07, 6.45) is 0. The van der Waals surface area contributed by atoms with E-state index >= 15 is 0 Å². The first kappa shape index (κ1) is 36.1. The summed E-state index contributed by atoms with van der Waals surface area (Å²) in [4.78, 5) is 2.32. The van der Waals surface area contributed by atoms with Gasteiger partial charge in [-0.1, -0.05) is 196 Å². The van der Waals surface area contributed by atoms with Gasteiger partial charge in [0.1, 0.15) is 0 Å². The lowest BCUT2D eigenvalue weighted by Crippen LogP contribution is -2.14. The summed E-state index contributed by atoms with van der Waals surface area (Å²) in [7, 11) is 0. The molecule has 0 heterocycles. The van der Waals surface area contributed by atoms with Gasteiger partial charge in [0.05, 0.1) is 0 Å². The van der Waals surface area contributed by atoms with Crippen LogP contribution in [0.15, 0.2) is 224 Å². The molecule has 0 saturated carbocycles. The van der Waals surface area contributed by atoms with Gasteiger partial charge >= 0.3 is 0 Å². The Morgan fingerprint density at radius 3 is 1.08 bits per heavy atom. The van der Waals surface area contributed by atoms with Crippen LogP contribution >= 0.6 is 0 Å². The molecular weight excluding hydrogens is 747 g/mol. The van der Waals surface area contributed by atoms with Crippen LogP contribution in [0.2, 0.25) is 0 Å². The summed E-state index contributed by atoms with van der Waals surface area (Å²) in [5, 5.41) is 10.1. The van der Waals surface area contributed by atoms with Crippen molar-refractivity contribution >= 4 is 60.2 Å². The number of hydrogen-bond acceptors (Lipinski definition) is 1. The molecule has 1 nitrogen and oxygen atoms in total. The van der Waals surface area contributed by atoms with Crippen molar-refractivity contribution < 1.29 is 0 Å². The van der Waals surface area contributed by atoms with E-state index in [1.54, 1.807) is 0 Å². The van der Waals surface area contributed by atoms with Crippen molar-refractivity contribution in [2.75, 3.05) is 4.90 Å². The van der Waals surface area contributed by atoms with Crippen LogP contribution in [0.5, 0.6) is 0 Å². The zero-order valence-electron chi connectivity index (χ0n) is 34.8. The molecule has 0 saturated heterocycles. The van der Waals surface area contributed by atoms with Gasteiger partial charge in [-0.2, -0.15) is 0 Å². The smallest absolute Gasteiger partial charge is 0.0462 e. The van der Waals surface area contributed by atoms with Gasteiger partial charge in [0.2, 0.25) is 0 Å². The molecule has 11 aromatic carbocycles. The third-order valence-electron chi connectivity index (χ3n) is 13.4. The highest BCUT2D eigenvalue weighted by Gasteiger charge is 2.35. The van der Waals surface area contributed by atoms with Crippen LogP contribution in [-0.2, 0) is 5.41 Å². The molecule has 62 heavy (non-hydrogen) atoms. The van der Waals surface area contributed by atoms with Gasteiger partial charge in [-0.15, -0.1) is 0 Å². The van der Waals surface area contributed by atoms with Gasteiger partial charge in [0.15, 0.2) is 0 Å². The van der Waals surface area contributed by atoms with E-state index in [9.17, 15) is 0 Å². The first-order chi connectivity index (χ1) is 30.6. The fraction of sp³-hybridized carbons (Fsp3) is 0.0492. The van der Waals surface area contributed by atoms with Crippen LogP contribution in [0.3, 0.4) is 0 Å². The van der Waals surface area contributed by atoms with Crippen LogP contribution in [0.25, 0.3) is 87.6 Å². The van der Waals surface area contributed by atoms with E-state index < -0.39 is 0 Å². The maximum atomic E-state index is 2.48. The normalized spacial score (nSPS) is 12.8. The minimum atomic E-state index is -0.0868. The highest BCUT2D eigenvalue weighted by molar-refractivity contribution is 6.30. The molecule has 0 spiro atoms. The van der Waals surface area contributed by atoms with Crippen LogP contribution in [0.4, 0.5) is 17.1 Å². The Kier molecular flexibility index (Phi) is 8.27. The summed E-state index contributed by atoms with van der Waals surface area (Å²) in [6, 6.07) is 82.8. The van der Waals surface area contributed by atoms with E-state index in [1.165, 1.54) is 98.7 Å². The average molecular weight is 790 g/mol. The van der Waals surface area contributed by atoms with Crippen molar-refractivity contribution in [2.24, 2.45) is 0 Å². The van der Waals surface area contributed by atoms with Gasteiger partial charge in [0.25, 0.3) is 0 Å². The van der Waals surface area contributed by atoms with E-state index in [1.807, 2.05) is 0 Å². The lowest BCUT2D eigenvalue weighted by Gasteiger charge is -2.26. The zero-order valence-corrected chi connectivity index (χ0v) is 34.8. The van der Waals surface area contributed by atoms with Crippen molar-refractivity contribution in [3.63, 3.8) is 0 Å².